The summed E-state index contributed by atoms with van der Waals surface area (Å²) in [5.74, 6) is -2.26. The van der Waals surface area contributed by atoms with Gasteiger partial charge < -0.3 is 36.6 Å². The summed E-state index contributed by atoms with van der Waals surface area (Å²) in [5, 5.41) is 50.4. The third-order valence-corrected chi connectivity index (χ3v) is 9.88. The van der Waals surface area contributed by atoms with Crippen LogP contribution in [0.15, 0.2) is 75.9 Å². The number of carboxylic acid groups (broad SMARTS) is 1. The Kier molecular flexibility index (Phi) is 9.58. The lowest BCUT2D eigenvalue weighted by Gasteiger charge is -2.49. The maximum atomic E-state index is 13.6. The van der Waals surface area contributed by atoms with E-state index in [9.17, 15) is 39.3 Å². The lowest BCUT2D eigenvalue weighted by molar-refractivity contribution is -0.150. The molecular formula is C29H27N11O8S2. The molecule has 0 bridgehead atoms. The van der Waals surface area contributed by atoms with Gasteiger partial charge in [-0.3, -0.25) is 24.3 Å². The number of urea groups is 1. The third kappa shape index (κ3) is 7.17. The molecule has 2 aliphatic rings. The molecule has 1 fully saturated rings. The van der Waals surface area contributed by atoms with Gasteiger partial charge in [0.05, 0.1) is 6.20 Å². The number of H-pyrrole nitrogens is 1. The zero-order chi connectivity index (χ0) is 35.5. The van der Waals surface area contributed by atoms with Crippen molar-refractivity contribution < 1.29 is 34.5 Å². The minimum atomic E-state index is -1.41. The topological polar surface area (TPSA) is 270 Å². The normalized spacial score (nSPS) is 17.3. The quantitative estimate of drug-likeness (QED) is 0.0606. The molecular weight excluding hydrogens is 695 g/mol. The van der Waals surface area contributed by atoms with Gasteiger partial charge in [0, 0.05) is 24.2 Å². The van der Waals surface area contributed by atoms with Crippen molar-refractivity contribution >= 4 is 64.7 Å². The molecule has 19 nitrogen and oxygen atoms in total. The van der Waals surface area contributed by atoms with E-state index in [-0.39, 0.29) is 45.9 Å². The standard InChI is InChI=1S/C29H27N11O8S2/c1-39-29(36-37-38-39)50-12-14-11-49-25-20(24(45)40(25)21(14)26(46)47)33-23(44)19(13-2-6-16(41)7-3-13)34-28(48)32-18-10-30-27(35-22(18)43)31-15-4-8-17(42)9-5-15/h2-10,19-20,25,41-42H,11-12H2,1H3,(H,33,44)(H,46,47)(H2,32,34,48)(H2,30,31,35,43)/t19-,20?,25-/m1/s1. The number of aryl methyl sites for hydroxylation is 1. The molecule has 0 radical (unpaired) electrons. The highest BCUT2D eigenvalue weighted by molar-refractivity contribution is 8.01. The summed E-state index contributed by atoms with van der Waals surface area (Å²) in [6.45, 7) is 0. The number of β-lactam (4-membered cyclic amide) rings is 1. The number of anilines is 3. The second kappa shape index (κ2) is 14.2. The van der Waals surface area contributed by atoms with Gasteiger partial charge >= 0.3 is 12.0 Å². The molecule has 21 heteroatoms. The van der Waals surface area contributed by atoms with Gasteiger partial charge in [0.2, 0.25) is 17.0 Å². The number of tetrazole rings is 1. The van der Waals surface area contributed by atoms with E-state index in [0.717, 1.165) is 11.1 Å². The molecule has 258 valence electrons. The molecule has 3 atom stereocenters. The van der Waals surface area contributed by atoms with Crippen LogP contribution in [-0.2, 0) is 21.4 Å². The number of aliphatic carboxylic acids is 1. The second-order valence-corrected chi connectivity index (χ2v) is 12.8. The molecule has 4 heterocycles. The highest BCUT2D eigenvalue weighted by Crippen LogP contribution is 2.41. The minimum absolute atomic E-state index is 0.0538. The van der Waals surface area contributed by atoms with E-state index in [4.69, 9.17) is 0 Å². The second-order valence-electron chi connectivity index (χ2n) is 10.8. The molecule has 0 saturated carbocycles. The van der Waals surface area contributed by atoms with Crippen LogP contribution >= 0.6 is 23.5 Å². The number of carboxylic acids is 1. The Morgan fingerprint density at radius 1 is 1.08 bits per heavy atom. The number of aromatic nitrogens is 6. The van der Waals surface area contributed by atoms with Gasteiger partial charge in [-0.1, -0.05) is 23.9 Å². The van der Waals surface area contributed by atoms with Crippen molar-refractivity contribution in [2.24, 2.45) is 7.05 Å². The van der Waals surface area contributed by atoms with Crippen molar-refractivity contribution in [3.8, 4) is 11.5 Å². The number of thioether (sulfide) groups is 2. The zero-order valence-corrected chi connectivity index (χ0v) is 27.4. The number of aromatic amines is 1. The molecule has 1 saturated heterocycles. The summed E-state index contributed by atoms with van der Waals surface area (Å²) in [6.07, 6.45) is 1.10. The zero-order valence-electron chi connectivity index (χ0n) is 25.7. The van der Waals surface area contributed by atoms with Crippen molar-refractivity contribution in [1.29, 1.82) is 0 Å². The predicted octanol–water partition coefficient (Wildman–Crippen LogP) is 0.842. The summed E-state index contributed by atoms with van der Waals surface area (Å²) in [4.78, 5) is 72.6. The van der Waals surface area contributed by atoms with Crippen molar-refractivity contribution in [3.63, 3.8) is 0 Å². The Hall–Kier alpha value is -6.09. The van der Waals surface area contributed by atoms with Gasteiger partial charge in [-0.25, -0.2) is 19.3 Å². The number of nitrogens with one attached hydrogen (secondary N) is 5. The van der Waals surface area contributed by atoms with E-state index >= 15 is 0 Å². The summed E-state index contributed by atoms with van der Waals surface area (Å²) in [5.41, 5.74) is 0.104. The maximum absolute atomic E-state index is 13.6. The van der Waals surface area contributed by atoms with Gasteiger partial charge in [-0.2, -0.15) is 0 Å². The Morgan fingerprint density at radius 2 is 1.78 bits per heavy atom. The van der Waals surface area contributed by atoms with E-state index in [0.29, 0.717) is 16.4 Å². The Balaban J connectivity index is 1.14. The molecule has 6 rings (SSSR count). The van der Waals surface area contributed by atoms with Gasteiger partial charge in [-0.15, -0.1) is 16.9 Å². The maximum Gasteiger partial charge on any atom is 0.352 e. The number of amides is 4. The fourth-order valence-electron chi connectivity index (χ4n) is 5.01. The highest BCUT2D eigenvalue weighted by atomic mass is 32.2. The molecule has 2 aromatic heterocycles. The number of hydrogen-bond acceptors (Lipinski definition) is 14. The van der Waals surface area contributed by atoms with Crippen LogP contribution in [0.4, 0.5) is 22.1 Å². The highest BCUT2D eigenvalue weighted by Gasteiger charge is 2.54. The molecule has 50 heavy (non-hydrogen) atoms. The minimum Gasteiger partial charge on any atom is -0.508 e. The van der Waals surface area contributed by atoms with Crippen LogP contribution in [0.2, 0.25) is 0 Å². The Labute approximate surface area is 289 Å². The van der Waals surface area contributed by atoms with Crippen LogP contribution in [0.1, 0.15) is 11.6 Å². The molecule has 8 N–H and O–H groups in total. The molecule has 4 amide bonds. The fraction of sp³-hybridized carbons (Fsp3) is 0.207. The molecule has 0 spiro atoms. The van der Waals surface area contributed by atoms with Gasteiger partial charge in [0.25, 0.3) is 11.5 Å². The van der Waals surface area contributed by atoms with Gasteiger partial charge in [-0.05, 0) is 58.0 Å². The molecule has 2 aliphatic heterocycles. The number of nitrogens with zero attached hydrogens (tertiary/aromatic N) is 6. The summed E-state index contributed by atoms with van der Waals surface area (Å²) >= 11 is 2.49. The van der Waals surface area contributed by atoms with E-state index in [1.54, 1.807) is 19.2 Å². The number of carbonyl (C=O) groups excluding carboxylic acids is 3. The van der Waals surface area contributed by atoms with Crippen LogP contribution in [0.3, 0.4) is 0 Å². The average molecular weight is 722 g/mol. The number of phenolic OH excluding ortho intramolecular Hbond substituents is 2. The average Bonchev–Trinajstić information content (AvgIpc) is 3.51. The van der Waals surface area contributed by atoms with Crippen LogP contribution in [0, 0.1) is 0 Å². The fourth-order valence-corrected chi connectivity index (χ4v) is 7.35. The SMILES string of the molecule is Cn1nnnc1SCC1=C(C(=O)O)N2C(=O)C(NC(=O)[C@H](NC(=O)Nc3cnc(Nc4ccc(O)cc4)[nH]c3=O)c3ccc(O)cc3)[C@H]2SC1. The number of hydrogen-bond donors (Lipinski definition) is 8. The van der Waals surface area contributed by atoms with Crippen molar-refractivity contribution in [3.05, 3.63) is 81.9 Å². The van der Waals surface area contributed by atoms with Crippen LogP contribution in [-0.4, -0.2) is 97.1 Å². The number of fused-ring (bicyclic) bond motifs is 1. The van der Waals surface area contributed by atoms with Crippen LogP contribution in [0.25, 0.3) is 0 Å². The largest absolute Gasteiger partial charge is 0.508 e. The first-order valence-electron chi connectivity index (χ1n) is 14.6. The summed E-state index contributed by atoms with van der Waals surface area (Å²) in [6, 6.07) is 7.91. The van der Waals surface area contributed by atoms with Crippen molar-refractivity contribution in [1.82, 2.24) is 45.7 Å². The first kappa shape index (κ1) is 33.8. The van der Waals surface area contributed by atoms with E-state index in [2.05, 4.69) is 46.8 Å². The lowest BCUT2D eigenvalue weighted by Crippen LogP contribution is -2.71. The molecule has 0 aliphatic carbocycles. The predicted molar refractivity (Wildman–Crippen MR) is 178 cm³/mol. The Bertz CT molecular complexity index is 2050. The van der Waals surface area contributed by atoms with Crippen LogP contribution < -0.4 is 26.8 Å². The summed E-state index contributed by atoms with van der Waals surface area (Å²) < 4.78 is 1.44. The number of rotatable bonds is 11. The molecule has 2 aromatic carbocycles. The smallest absolute Gasteiger partial charge is 0.352 e. The monoisotopic (exact) mass is 721 g/mol. The number of benzene rings is 2. The Morgan fingerprint density at radius 3 is 2.42 bits per heavy atom. The van der Waals surface area contributed by atoms with E-state index in [1.165, 1.54) is 64.6 Å². The molecule has 1 unspecified atom stereocenters. The lowest BCUT2D eigenvalue weighted by atomic mass is 10.0. The summed E-state index contributed by atoms with van der Waals surface area (Å²) in [7, 11) is 1.64. The first-order valence-corrected chi connectivity index (χ1v) is 16.6. The number of phenols is 2. The number of carbonyl (C=O) groups is 4. The van der Waals surface area contributed by atoms with E-state index < -0.39 is 46.8 Å². The van der Waals surface area contributed by atoms with Crippen molar-refractivity contribution in [2.45, 2.75) is 22.6 Å². The van der Waals surface area contributed by atoms with Crippen LogP contribution in [0.5, 0.6) is 11.5 Å². The van der Waals surface area contributed by atoms with Gasteiger partial charge in [0.15, 0.2) is 0 Å². The molecule has 4 aromatic rings. The number of aromatic hydroxyl groups is 2. The van der Waals surface area contributed by atoms with Gasteiger partial charge in [0.1, 0.15) is 40.3 Å². The first-order chi connectivity index (χ1) is 24.0. The van der Waals surface area contributed by atoms with E-state index in [1.807, 2.05) is 0 Å². The van der Waals surface area contributed by atoms with Crippen molar-refractivity contribution in [2.75, 3.05) is 22.1 Å². The third-order valence-electron chi connectivity index (χ3n) is 7.45.